The molecule has 1 atom stereocenters. The van der Waals surface area contributed by atoms with Gasteiger partial charge in [-0.3, -0.25) is 11.0 Å². The SMILES string of the molecule is NP(N)(=S)NS(=O)c1ccc(C(Cl)(Cl)Cl)cc1. The standard InChI is InChI=1S/C7H9Cl3N3OPS2/c8-7(9,10)5-1-3-6(4-2-5)17(14)13-15(11,12)16/h1-4H,(H5,11,12,13,16). The summed E-state index contributed by atoms with van der Waals surface area (Å²) in [4.78, 5) is 0.452. The number of alkyl halides is 3. The molecule has 17 heavy (non-hydrogen) atoms. The summed E-state index contributed by atoms with van der Waals surface area (Å²) >= 11 is 21.8. The van der Waals surface area contributed by atoms with E-state index in [1.807, 2.05) is 0 Å². The third-order valence-electron chi connectivity index (χ3n) is 1.62. The topological polar surface area (TPSA) is 81.1 Å². The molecule has 10 heteroatoms. The van der Waals surface area contributed by atoms with Crippen molar-refractivity contribution >= 4 is 64.1 Å². The van der Waals surface area contributed by atoms with E-state index in [0.29, 0.717) is 10.5 Å². The first-order valence-corrected chi connectivity index (χ1v) is 9.36. The number of nitrogens with one attached hydrogen (secondary N) is 1. The van der Waals surface area contributed by atoms with E-state index in [0.717, 1.165) is 0 Å². The highest BCUT2D eigenvalue weighted by atomic mass is 35.6. The van der Waals surface area contributed by atoms with E-state index in [1.165, 1.54) is 0 Å². The molecule has 0 aliphatic carbocycles. The van der Waals surface area contributed by atoms with E-state index in [4.69, 9.17) is 57.6 Å². The Morgan fingerprint density at radius 1 is 1.24 bits per heavy atom. The Labute approximate surface area is 122 Å². The molecule has 1 aromatic carbocycles. The Bertz CT molecular complexity index is 470. The first-order chi connectivity index (χ1) is 7.59. The van der Waals surface area contributed by atoms with Crippen LogP contribution in [0.15, 0.2) is 29.2 Å². The summed E-state index contributed by atoms with van der Waals surface area (Å²) < 4.78 is 12.7. The van der Waals surface area contributed by atoms with Gasteiger partial charge in [0.1, 0.15) is 17.5 Å². The van der Waals surface area contributed by atoms with E-state index in [-0.39, 0.29) is 0 Å². The average Bonchev–Trinajstić information content (AvgIpc) is 2.14. The molecule has 4 nitrogen and oxygen atoms in total. The van der Waals surface area contributed by atoms with Crippen molar-refractivity contribution in [1.82, 2.24) is 4.49 Å². The van der Waals surface area contributed by atoms with E-state index in [1.54, 1.807) is 24.3 Å². The Hall–Kier alpha value is 0.770. The molecule has 0 radical (unpaired) electrons. The van der Waals surface area contributed by atoms with Crippen LogP contribution >= 0.6 is 41.3 Å². The van der Waals surface area contributed by atoms with E-state index in [2.05, 4.69) is 4.49 Å². The van der Waals surface area contributed by atoms with Crippen LogP contribution in [0.2, 0.25) is 0 Å². The molecule has 5 N–H and O–H groups in total. The molecule has 1 aromatic rings. The van der Waals surface area contributed by atoms with Crippen LogP contribution in [0.25, 0.3) is 0 Å². The minimum atomic E-state index is -2.73. The predicted octanol–water partition coefficient (Wildman–Crippen LogP) is 2.27. The maximum Gasteiger partial charge on any atom is 0.216 e. The summed E-state index contributed by atoms with van der Waals surface area (Å²) in [6.07, 6.45) is 0. The lowest BCUT2D eigenvalue weighted by Crippen LogP contribution is -2.24. The fourth-order valence-corrected chi connectivity index (χ4v) is 3.78. The van der Waals surface area contributed by atoms with Gasteiger partial charge in [0.25, 0.3) is 0 Å². The number of halogens is 3. The zero-order chi connectivity index (χ0) is 13.3. The van der Waals surface area contributed by atoms with Crippen molar-refractivity contribution in [3.05, 3.63) is 29.8 Å². The predicted molar refractivity (Wildman–Crippen MR) is 77.9 cm³/mol. The summed E-state index contributed by atoms with van der Waals surface area (Å²) in [5.74, 6) is 0. The van der Waals surface area contributed by atoms with Gasteiger partial charge in [-0.25, -0.2) is 4.21 Å². The Morgan fingerprint density at radius 2 is 1.71 bits per heavy atom. The highest BCUT2D eigenvalue weighted by Gasteiger charge is 2.22. The van der Waals surface area contributed by atoms with Crippen molar-refractivity contribution in [1.29, 1.82) is 0 Å². The first-order valence-electron chi connectivity index (χ1n) is 4.14. The van der Waals surface area contributed by atoms with Crippen LogP contribution < -0.4 is 15.5 Å². The molecular formula is C7H9Cl3N3OPS2. The van der Waals surface area contributed by atoms with Gasteiger partial charge in [0.15, 0.2) is 0 Å². The van der Waals surface area contributed by atoms with Crippen molar-refractivity contribution in [3.63, 3.8) is 0 Å². The maximum atomic E-state index is 11.7. The number of nitrogens with two attached hydrogens (primary N) is 2. The van der Waals surface area contributed by atoms with Crippen molar-refractivity contribution in [2.24, 2.45) is 11.0 Å². The average molecular weight is 353 g/mol. The van der Waals surface area contributed by atoms with Crippen LogP contribution in [0, 0.1) is 0 Å². The van der Waals surface area contributed by atoms with Gasteiger partial charge in [-0.2, -0.15) is 4.49 Å². The Morgan fingerprint density at radius 3 is 2.06 bits per heavy atom. The molecule has 0 aromatic heterocycles. The summed E-state index contributed by atoms with van der Waals surface area (Å²) in [6.45, 7) is -2.73. The Balaban J connectivity index is 2.89. The van der Waals surface area contributed by atoms with Gasteiger partial charge < -0.3 is 0 Å². The molecule has 0 heterocycles. The van der Waals surface area contributed by atoms with Crippen LogP contribution in [0.5, 0.6) is 0 Å². The molecule has 0 bridgehead atoms. The van der Waals surface area contributed by atoms with Crippen molar-refractivity contribution in [2.75, 3.05) is 0 Å². The lowest BCUT2D eigenvalue weighted by Gasteiger charge is -2.13. The van der Waals surface area contributed by atoms with Crippen LogP contribution in [0.4, 0.5) is 0 Å². The zero-order valence-electron chi connectivity index (χ0n) is 8.27. The quantitative estimate of drug-likeness (QED) is 0.576. The third kappa shape index (κ3) is 5.51. The monoisotopic (exact) mass is 351 g/mol. The van der Waals surface area contributed by atoms with Crippen molar-refractivity contribution < 1.29 is 4.21 Å². The number of hydrogen-bond donors (Lipinski definition) is 3. The lowest BCUT2D eigenvalue weighted by atomic mass is 10.2. The summed E-state index contributed by atoms with van der Waals surface area (Å²) in [7, 11) is -1.57. The van der Waals surface area contributed by atoms with Gasteiger partial charge in [-0.15, -0.1) is 0 Å². The number of hydrogen-bond acceptors (Lipinski definition) is 2. The van der Waals surface area contributed by atoms with Crippen LogP contribution in [-0.4, -0.2) is 4.21 Å². The second-order valence-corrected chi connectivity index (χ2v) is 10.3. The summed E-state index contributed by atoms with van der Waals surface area (Å²) in [5, 5.41) is 0. The molecule has 1 unspecified atom stereocenters. The third-order valence-corrected chi connectivity index (χ3v) is 5.45. The minimum absolute atomic E-state index is 0.452. The fraction of sp³-hybridized carbons (Fsp3) is 0.143. The molecule has 1 rings (SSSR count). The van der Waals surface area contributed by atoms with Gasteiger partial charge in [-0.05, 0) is 23.9 Å². The van der Waals surface area contributed by atoms with Crippen molar-refractivity contribution in [2.45, 2.75) is 8.69 Å². The fourth-order valence-electron chi connectivity index (χ4n) is 0.950. The summed E-state index contributed by atoms with van der Waals surface area (Å²) in [6, 6.07) is 6.20. The number of benzene rings is 1. The van der Waals surface area contributed by atoms with Gasteiger partial charge in [-0.1, -0.05) is 46.9 Å². The molecule has 96 valence electrons. The maximum absolute atomic E-state index is 11.7. The van der Waals surface area contributed by atoms with Crippen LogP contribution in [-0.2, 0) is 26.6 Å². The van der Waals surface area contributed by atoms with E-state index >= 15 is 0 Å². The molecule has 0 spiro atoms. The van der Waals surface area contributed by atoms with Crippen molar-refractivity contribution in [3.8, 4) is 0 Å². The van der Waals surface area contributed by atoms with Crippen LogP contribution in [0.1, 0.15) is 5.56 Å². The molecular weight excluding hydrogens is 344 g/mol. The highest BCUT2D eigenvalue weighted by Crippen LogP contribution is 2.38. The smallest absolute Gasteiger partial charge is 0.216 e. The second-order valence-electron chi connectivity index (χ2n) is 3.09. The largest absolute Gasteiger partial charge is 0.279 e. The first kappa shape index (κ1) is 15.8. The molecule has 0 amide bonds. The lowest BCUT2D eigenvalue weighted by molar-refractivity contribution is 0.682. The minimum Gasteiger partial charge on any atom is -0.279 e. The Kier molecular flexibility index (Phi) is 5.42. The van der Waals surface area contributed by atoms with Gasteiger partial charge in [0, 0.05) is 5.56 Å². The zero-order valence-corrected chi connectivity index (χ0v) is 13.1. The molecule has 0 fully saturated rings. The molecule has 0 saturated carbocycles. The highest BCUT2D eigenvalue weighted by molar-refractivity contribution is 8.15. The molecule has 0 aliphatic heterocycles. The second kappa shape index (κ2) is 5.82. The number of rotatable bonds is 3. The van der Waals surface area contributed by atoms with E-state index in [9.17, 15) is 4.21 Å². The normalized spacial score (nSPS) is 14.6. The van der Waals surface area contributed by atoms with Gasteiger partial charge in [0.2, 0.25) is 3.79 Å². The molecule has 0 aliphatic rings. The van der Waals surface area contributed by atoms with E-state index < -0.39 is 21.3 Å². The molecule has 0 saturated heterocycles. The van der Waals surface area contributed by atoms with Gasteiger partial charge in [0.05, 0.1) is 4.90 Å². The van der Waals surface area contributed by atoms with Gasteiger partial charge >= 0.3 is 0 Å². The van der Waals surface area contributed by atoms with Crippen LogP contribution in [0.3, 0.4) is 0 Å². The summed E-state index contributed by atoms with van der Waals surface area (Å²) in [5.41, 5.74) is 11.3.